The summed E-state index contributed by atoms with van der Waals surface area (Å²) in [7, 11) is 1.71. The van der Waals surface area contributed by atoms with Gasteiger partial charge in [0.15, 0.2) is 11.4 Å². The van der Waals surface area contributed by atoms with Gasteiger partial charge in [-0.3, -0.25) is 14.5 Å². The standard InChI is InChI=1S/C22H14N4O2/c1-25-17-11-6-12-23-19(17)24-18-14-8-3-5-10-16(14)26-20(27)13-7-2-4-9-15(13)22(18,26)21(25)28/h2-12H,1H3. The van der Waals surface area contributed by atoms with Gasteiger partial charge in [0.1, 0.15) is 0 Å². The number of likely N-dealkylation sites (N-methyl/N-ethyl adjacent to an activating group) is 1. The number of aliphatic imine (C=N–C) groups is 1. The van der Waals surface area contributed by atoms with Crippen molar-refractivity contribution in [2.24, 2.45) is 4.99 Å². The van der Waals surface area contributed by atoms with Crippen LogP contribution in [0.1, 0.15) is 21.5 Å². The molecule has 0 bridgehead atoms. The largest absolute Gasteiger partial charge is 0.309 e. The molecule has 6 rings (SSSR count). The molecule has 1 aromatic heterocycles. The Morgan fingerprint density at radius 2 is 1.57 bits per heavy atom. The zero-order valence-corrected chi connectivity index (χ0v) is 15.0. The topological polar surface area (TPSA) is 65.9 Å². The smallest absolute Gasteiger partial charge is 0.264 e. The Kier molecular flexibility index (Phi) is 2.69. The van der Waals surface area contributed by atoms with Gasteiger partial charge in [0, 0.05) is 29.9 Å². The molecule has 1 spiro atoms. The number of rotatable bonds is 0. The first kappa shape index (κ1) is 15.3. The number of aromatic nitrogens is 1. The van der Waals surface area contributed by atoms with E-state index in [9.17, 15) is 9.59 Å². The first-order valence-electron chi connectivity index (χ1n) is 9.01. The van der Waals surface area contributed by atoms with E-state index in [1.165, 1.54) is 0 Å². The third kappa shape index (κ3) is 1.51. The second kappa shape index (κ2) is 4.92. The van der Waals surface area contributed by atoms with Gasteiger partial charge < -0.3 is 4.90 Å². The van der Waals surface area contributed by atoms with E-state index in [1.807, 2.05) is 48.5 Å². The molecule has 1 unspecified atom stereocenters. The first-order valence-corrected chi connectivity index (χ1v) is 9.01. The summed E-state index contributed by atoms with van der Waals surface area (Å²) in [4.78, 5) is 39.8. The van der Waals surface area contributed by atoms with Crippen molar-refractivity contribution in [2.75, 3.05) is 16.8 Å². The zero-order chi connectivity index (χ0) is 19.0. The van der Waals surface area contributed by atoms with Crippen LogP contribution in [0.5, 0.6) is 0 Å². The van der Waals surface area contributed by atoms with Crippen LogP contribution in [0.3, 0.4) is 0 Å². The molecule has 28 heavy (non-hydrogen) atoms. The number of carbonyl (C=O) groups excluding carboxylic acids is 2. The molecule has 0 aliphatic carbocycles. The van der Waals surface area contributed by atoms with Crippen molar-refractivity contribution in [3.8, 4) is 0 Å². The van der Waals surface area contributed by atoms with Crippen LogP contribution in [-0.2, 0) is 10.3 Å². The molecule has 134 valence electrons. The van der Waals surface area contributed by atoms with E-state index in [0.717, 1.165) is 5.56 Å². The van der Waals surface area contributed by atoms with Crippen LogP contribution in [0, 0.1) is 0 Å². The SMILES string of the molecule is CN1C(=O)C23C(=Nc4ncccc41)c1ccccc1N2C(=O)c1ccccc13. The Bertz CT molecular complexity index is 1250. The number of anilines is 2. The number of fused-ring (bicyclic) bond motifs is 5. The average molecular weight is 366 g/mol. The summed E-state index contributed by atoms with van der Waals surface area (Å²) in [5, 5.41) is 0. The number of amides is 2. The van der Waals surface area contributed by atoms with Crippen LogP contribution >= 0.6 is 0 Å². The minimum absolute atomic E-state index is 0.186. The summed E-state index contributed by atoms with van der Waals surface area (Å²) >= 11 is 0. The Labute approximate surface area is 160 Å². The van der Waals surface area contributed by atoms with Crippen LogP contribution in [0.15, 0.2) is 71.9 Å². The van der Waals surface area contributed by atoms with E-state index in [2.05, 4.69) is 4.98 Å². The minimum atomic E-state index is -1.31. The molecule has 0 saturated carbocycles. The van der Waals surface area contributed by atoms with Crippen molar-refractivity contribution in [1.82, 2.24) is 4.98 Å². The molecule has 0 N–H and O–H groups in total. The summed E-state index contributed by atoms with van der Waals surface area (Å²) in [5.41, 5.74) is 2.54. The predicted molar refractivity (Wildman–Crippen MR) is 105 cm³/mol. The van der Waals surface area contributed by atoms with Gasteiger partial charge in [-0.25, -0.2) is 9.98 Å². The van der Waals surface area contributed by atoms with Crippen LogP contribution in [0.4, 0.5) is 17.2 Å². The van der Waals surface area contributed by atoms with Gasteiger partial charge in [-0.2, -0.15) is 0 Å². The summed E-state index contributed by atoms with van der Waals surface area (Å²) < 4.78 is 0. The van der Waals surface area contributed by atoms with Crippen molar-refractivity contribution in [1.29, 1.82) is 0 Å². The number of pyridine rings is 1. The molecular formula is C22H14N4O2. The van der Waals surface area contributed by atoms with Crippen LogP contribution in [0.25, 0.3) is 0 Å². The average Bonchev–Trinajstić information content (AvgIpc) is 3.14. The first-order chi connectivity index (χ1) is 13.7. The van der Waals surface area contributed by atoms with Gasteiger partial charge in [-0.1, -0.05) is 36.4 Å². The van der Waals surface area contributed by atoms with Gasteiger partial charge in [-0.15, -0.1) is 0 Å². The number of hydrogen-bond acceptors (Lipinski definition) is 4. The Hall–Kier alpha value is -3.80. The maximum atomic E-state index is 14.0. The van der Waals surface area contributed by atoms with Crippen molar-refractivity contribution < 1.29 is 9.59 Å². The van der Waals surface area contributed by atoms with Crippen molar-refractivity contribution in [2.45, 2.75) is 5.54 Å². The van der Waals surface area contributed by atoms with Crippen molar-refractivity contribution in [3.63, 3.8) is 0 Å². The fraction of sp³-hybridized carbons (Fsp3) is 0.0909. The number of benzene rings is 2. The molecule has 3 aliphatic heterocycles. The molecule has 3 aliphatic rings. The molecule has 4 heterocycles. The van der Waals surface area contributed by atoms with E-state index in [4.69, 9.17) is 4.99 Å². The molecule has 1 atom stereocenters. The quantitative estimate of drug-likeness (QED) is 0.614. The summed E-state index contributed by atoms with van der Waals surface area (Å²) in [6.07, 6.45) is 1.66. The number of nitrogens with zero attached hydrogens (tertiary/aromatic N) is 4. The van der Waals surface area contributed by atoms with Gasteiger partial charge >= 0.3 is 0 Å². The summed E-state index contributed by atoms with van der Waals surface area (Å²) in [6.45, 7) is 0. The monoisotopic (exact) mass is 366 g/mol. The van der Waals surface area contributed by atoms with E-state index in [-0.39, 0.29) is 11.8 Å². The second-order valence-corrected chi connectivity index (χ2v) is 7.08. The van der Waals surface area contributed by atoms with Crippen LogP contribution < -0.4 is 9.80 Å². The van der Waals surface area contributed by atoms with E-state index in [1.54, 1.807) is 35.2 Å². The third-order valence-electron chi connectivity index (χ3n) is 5.79. The summed E-state index contributed by atoms with van der Waals surface area (Å²) in [5.74, 6) is 0.0696. The molecule has 0 saturated heterocycles. The maximum absolute atomic E-state index is 14.0. The molecular weight excluding hydrogens is 352 g/mol. The molecule has 2 aromatic carbocycles. The van der Waals surface area contributed by atoms with Crippen molar-refractivity contribution >= 4 is 34.7 Å². The number of para-hydroxylation sites is 1. The fourth-order valence-electron chi connectivity index (χ4n) is 4.61. The van der Waals surface area contributed by atoms with Crippen LogP contribution in [0.2, 0.25) is 0 Å². The molecule has 0 fully saturated rings. The normalized spacial score (nSPS) is 21.4. The van der Waals surface area contributed by atoms with E-state index >= 15 is 0 Å². The number of carbonyl (C=O) groups is 2. The molecule has 2 amide bonds. The summed E-state index contributed by atoms with van der Waals surface area (Å²) in [6, 6.07) is 18.4. The highest BCUT2D eigenvalue weighted by atomic mass is 16.2. The molecule has 3 aromatic rings. The molecule has 6 nitrogen and oxygen atoms in total. The van der Waals surface area contributed by atoms with Gasteiger partial charge in [0.25, 0.3) is 11.8 Å². The van der Waals surface area contributed by atoms with Crippen molar-refractivity contribution in [3.05, 3.63) is 83.6 Å². The van der Waals surface area contributed by atoms with E-state index in [0.29, 0.717) is 34.0 Å². The highest BCUT2D eigenvalue weighted by Crippen LogP contribution is 2.54. The highest BCUT2D eigenvalue weighted by molar-refractivity contribution is 6.40. The molecule has 6 heteroatoms. The lowest BCUT2D eigenvalue weighted by Crippen LogP contribution is -2.56. The van der Waals surface area contributed by atoms with Crippen LogP contribution in [-0.4, -0.2) is 29.6 Å². The number of hydrogen-bond donors (Lipinski definition) is 0. The van der Waals surface area contributed by atoms with Gasteiger partial charge in [-0.05, 0) is 24.3 Å². The maximum Gasteiger partial charge on any atom is 0.264 e. The lowest BCUT2D eigenvalue weighted by atomic mass is 9.83. The Morgan fingerprint density at radius 3 is 2.43 bits per heavy atom. The second-order valence-electron chi connectivity index (χ2n) is 7.08. The minimum Gasteiger partial charge on any atom is -0.309 e. The Balaban J connectivity index is 1.80. The lowest BCUT2D eigenvalue weighted by molar-refractivity contribution is -0.121. The predicted octanol–water partition coefficient (Wildman–Crippen LogP) is 3.05. The molecule has 0 radical (unpaired) electrons. The third-order valence-corrected chi connectivity index (χ3v) is 5.79. The van der Waals surface area contributed by atoms with Gasteiger partial charge in [0.05, 0.1) is 17.1 Å². The van der Waals surface area contributed by atoms with E-state index < -0.39 is 5.54 Å². The highest BCUT2D eigenvalue weighted by Gasteiger charge is 2.65. The fourth-order valence-corrected chi connectivity index (χ4v) is 4.61. The Morgan fingerprint density at radius 1 is 0.857 bits per heavy atom. The van der Waals surface area contributed by atoms with Gasteiger partial charge in [0.2, 0.25) is 0 Å². The zero-order valence-electron chi connectivity index (χ0n) is 15.0. The lowest BCUT2D eigenvalue weighted by Gasteiger charge is -2.33.